The molecule has 2 unspecified atom stereocenters. The van der Waals surface area contributed by atoms with Gasteiger partial charge in [0.25, 0.3) is 0 Å². The molecule has 10 N–H and O–H groups in total. The van der Waals surface area contributed by atoms with E-state index in [9.17, 15) is 61.5 Å². The van der Waals surface area contributed by atoms with Crippen LogP contribution in [0.2, 0.25) is 0 Å². The Balaban J connectivity index is 1.23. The van der Waals surface area contributed by atoms with Crippen LogP contribution in [-0.4, -0.2) is 126 Å². The van der Waals surface area contributed by atoms with Crippen molar-refractivity contribution in [1.82, 2.24) is 30.2 Å². The fraction of sp³-hybridized carbons (Fsp3) is 0.536. The summed E-state index contributed by atoms with van der Waals surface area (Å²) in [5, 5.41) is 26.3. The fourth-order valence-electron chi connectivity index (χ4n) is 5.05. The zero-order valence-electron chi connectivity index (χ0n) is 30.7. The van der Waals surface area contributed by atoms with Gasteiger partial charge in [-0.2, -0.15) is 4.31 Å². The predicted octanol–water partition coefficient (Wildman–Crippen LogP) is -0.165. The van der Waals surface area contributed by atoms with Crippen LogP contribution in [0, 0.1) is 12.3 Å². The number of aliphatic hydroxyl groups excluding tert-OH is 2. The molecule has 0 saturated carbocycles. The number of hydrogen-bond donors (Lipinski definition) is 9. The highest BCUT2D eigenvalue weighted by Gasteiger charge is 2.50. The van der Waals surface area contributed by atoms with E-state index in [0.29, 0.717) is 10.8 Å². The number of nitrogen functional groups attached to an aromatic ring is 1. The number of carbonyl (C=O) groups is 2. The SMILES string of the molecule is Cc1ccc(S(=O)(=O)SCCNC(=O)CCNC(=O)[C@H](O)C(C)(C)COP(=O)(O)OP(=O)(O)OC[C@H]2O[C@@H](n3cnc4c(N)ncnc43)[C@H](O)[C@@H]2OP(=O)(O)O)cc1. The van der Waals surface area contributed by atoms with E-state index in [2.05, 4.69) is 34.4 Å². The molecule has 1 aliphatic rings. The molecular weight excluding hydrogens is 879 g/mol. The van der Waals surface area contributed by atoms with Crippen LogP contribution in [0.1, 0.15) is 32.1 Å². The molecule has 4 rings (SSSR count). The average molecular weight is 922 g/mol. The maximum Gasteiger partial charge on any atom is 0.481 e. The molecule has 25 nitrogen and oxygen atoms in total. The van der Waals surface area contributed by atoms with Crippen LogP contribution < -0.4 is 16.4 Å². The molecule has 1 aromatic carbocycles. The van der Waals surface area contributed by atoms with Crippen molar-refractivity contribution in [3.8, 4) is 0 Å². The number of nitrogens with zero attached hydrogens (tertiary/aromatic N) is 4. The number of benzene rings is 1. The first-order valence-corrected chi connectivity index (χ1v) is 24.2. The summed E-state index contributed by atoms with van der Waals surface area (Å²) < 4.78 is 86.9. The highest BCUT2D eigenvalue weighted by molar-refractivity contribution is 8.72. The number of amides is 2. The Labute approximate surface area is 333 Å². The largest absolute Gasteiger partial charge is 0.481 e. The van der Waals surface area contributed by atoms with Gasteiger partial charge >= 0.3 is 23.5 Å². The number of nitrogens with one attached hydrogen (secondary N) is 2. The van der Waals surface area contributed by atoms with Crippen LogP contribution in [0.4, 0.5) is 5.82 Å². The molecule has 1 saturated heterocycles. The van der Waals surface area contributed by atoms with Gasteiger partial charge in [0.2, 0.25) is 20.7 Å². The van der Waals surface area contributed by atoms with E-state index in [1.54, 1.807) is 12.1 Å². The van der Waals surface area contributed by atoms with Crippen LogP contribution in [0.3, 0.4) is 0 Å². The third-order valence-corrected chi connectivity index (χ3v) is 14.7. The molecule has 0 radical (unpaired) electrons. The number of ether oxygens (including phenoxy) is 1. The number of imidazole rings is 1. The molecule has 2 amide bonds. The Kier molecular flexibility index (Phi) is 15.8. The molecular formula is C28H42N7O18P3S2. The maximum absolute atomic E-state index is 12.7. The summed E-state index contributed by atoms with van der Waals surface area (Å²) >= 11 is 0. The second kappa shape index (κ2) is 19.2. The minimum absolute atomic E-state index is 0.00444. The summed E-state index contributed by atoms with van der Waals surface area (Å²) in [6.45, 7) is 1.96. The second-order valence-corrected chi connectivity index (χ2v) is 21.4. The maximum atomic E-state index is 12.7. The lowest BCUT2D eigenvalue weighted by atomic mass is 9.87. The standard InChI is InChI=1S/C28H42N7O18P3S2/c1-16-4-6-17(7-5-16)58(47,48)57-11-10-30-19(36)8-9-31-26(39)23(38)28(2,3)13-50-56(45,46)53-55(43,44)49-12-18-22(52-54(40,41)42)21(37)27(51-18)35-15-34-20-24(29)32-14-33-25(20)35/h4-7,14-15,18,21-23,27,37-38H,8-13H2,1-3H3,(H,30,36)(H,31,39)(H,43,44)(H,45,46)(H2,29,32,33)(H2,40,41,42)/t18-,21-,22-,23+,27-/m1/s1. The van der Waals surface area contributed by atoms with Crippen molar-refractivity contribution in [2.24, 2.45) is 5.41 Å². The van der Waals surface area contributed by atoms with Crippen molar-refractivity contribution >= 4 is 71.9 Å². The third kappa shape index (κ3) is 13.3. The Morgan fingerprint density at radius 3 is 2.34 bits per heavy atom. The number of rotatable bonds is 21. The van der Waals surface area contributed by atoms with Gasteiger partial charge in [-0.1, -0.05) is 31.5 Å². The van der Waals surface area contributed by atoms with Gasteiger partial charge in [0.15, 0.2) is 17.7 Å². The van der Waals surface area contributed by atoms with Gasteiger partial charge in [0, 0.05) is 30.7 Å². The highest BCUT2D eigenvalue weighted by atomic mass is 33.1. The summed E-state index contributed by atoms with van der Waals surface area (Å²) in [5.74, 6) is -1.56. The van der Waals surface area contributed by atoms with Crippen molar-refractivity contribution in [1.29, 1.82) is 0 Å². The Bertz CT molecular complexity index is 2190. The first-order valence-electron chi connectivity index (χ1n) is 16.7. The fourth-order valence-corrected chi connectivity index (χ4v) is 10.5. The summed E-state index contributed by atoms with van der Waals surface area (Å²) in [5.41, 5.74) is 5.10. The number of fused-ring (bicyclic) bond motifs is 1. The lowest BCUT2D eigenvalue weighted by molar-refractivity contribution is -0.137. The van der Waals surface area contributed by atoms with Gasteiger partial charge in [-0.15, -0.1) is 0 Å². The third-order valence-electron chi connectivity index (χ3n) is 8.05. The molecule has 7 atom stereocenters. The molecule has 30 heteroatoms. The highest BCUT2D eigenvalue weighted by Crippen LogP contribution is 2.61. The predicted molar refractivity (Wildman–Crippen MR) is 200 cm³/mol. The number of aliphatic hydroxyl groups is 2. The lowest BCUT2D eigenvalue weighted by Gasteiger charge is -2.30. The number of phosphoric acid groups is 3. The van der Waals surface area contributed by atoms with Crippen LogP contribution in [0.5, 0.6) is 0 Å². The van der Waals surface area contributed by atoms with E-state index < -0.39 is 93.4 Å². The number of phosphoric ester groups is 3. The van der Waals surface area contributed by atoms with Crippen molar-refractivity contribution in [3.63, 3.8) is 0 Å². The number of aromatic nitrogens is 4. The quantitative estimate of drug-likeness (QED) is 0.0380. The molecule has 2 aromatic heterocycles. The van der Waals surface area contributed by atoms with Crippen LogP contribution >= 0.6 is 34.3 Å². The first-order chi connectivity index (χ1) is 26.8. The summed E-state index contributed by atoms with van der Waals surface area (Å²) in [6.07, 6.45) is -7.10. The lowest BCUT2D eigenvalue weighted by Crippen LogP contribution is -2.46. The molecule has 324 valence electrons. The zero-order chi connectivity index (χ0) is 43.3. The second-order valence-electron chi connectivity index (χ2n) is 13.2. The first kappa shape index (κ1) is 47.7. The number of hydrogen-bond acceptors (Lipinski definition) is 19. The van der Waals surface area contributed by atoms with Gasteiger partial charge in [0.05, 0.1) is 24.4 Å². The molecule has 1 aliphatic heterocycles. The van der Waals surface area contributed by atoms with Gasteiger partial charge in [-0.25, -0.2) is 37.1 Å². The molecule has 0 aliphatic carbocycles. The molecule has 3 heterocycles. The zero-order valence-corrected chi connectivity index (χ0v) is 35.0. The van der Waals surface area contributed by atoms with Gasteiger partial charge < -0.3 is 50.9 Å². The number of nitrogens with two attached hydrogens (primary N) is 1. The Morgan fingerprint density at radius 1 is 1.03 bits per heavy atom. The van der Waals surface area contributed by atoms with Crippen molar-refractivity contribution in [2.45, 2.75) is 62.7 Å². The van der Waals surface area contributed by atoms with Gasteiger partial charge in [-0.3, -0.25) is 27.7 Å². The van der Waals surface area contributed by atoms with Crippen molar-refractivity contribution < 1.29 is 84.1 Å². The van der Waals surface area contributed by atoms with Gasteiger partial charge in [-0.05, 0) is 29.9 Å². The topological polar surface area (TPSA) is 381 Å². The van der Waals surface area contributed by atoms with Crippen LogP contribution in [-0.2, 0) is 54.8 Å². The molecule has 58 heavy (non-hydrogen) atoms. The number of anilines is 1. The normalized spacial score (nSPS) is 21.6. The van der Waals surface area contributed by atoms with Gasteiger partial charge in [0.1, 0.15) is 36.3 Å². The van der Waals surface area contributed by atoms with E-state index in [1.807, 2.05) is 6.92 Å². The molecule has 1 fully saturated rings. The van der Waals surface area contributed by atoms with E-state index in [-0.39, 0.29) is 47.1 Å². The van der Waals surface area contributed by atoms with E-state index in [0.717, 1.165) is 22.8 Å². The Morgan fingerprint density at radius 2 is 1.69 bits per heavy atom. The minimum Gasteiger partial charge on any atom is -0.386 e. The van der Waals surface area contributed by atoms with E-state index >= 15 is 0 Å². The van der Waals surface area contributed by atoms with Crippen molar-refractivity contribution in [3.05, 3.63) is 42.5 Å². The number of carbonyl (C=O) groups excluding carboxylic acids is 2. The average Bonchev–Trinajstić information content (AvgIpc) is 3.68. The molecule has 3 aromatic rings. The smallest absolute Gasteiger partial charge is 0.386 e. The molecule has 0 bridgehead atoms. The summed E-state index contributed by atoms with van der Waals surface area (Å²) in [6, 6.07) is 6.28. The monoisotopic (exact) mass is 921 g/mol. The van der Waals surface area contributed by atoms with E-state index in [1.165, 1.54) is 26.0 Å². The van der Waals surface area contributed by atoms with Crippen LogP contribution in [0.15, 0.2) is 41.8 Å². The Hall–Kier alpha value is -2.94. The summed E-state index contributed by atoms with van der Waals surface area (Å²) in [7, 11) is -19.4. The molecule has 0 spiro atoms. The van der Waals surface area contributed by atoms with Crippen molar-refractivity contribution in [2.75, 3.05) is 37.8 Å². The van der Waals surface area contributed by atoms with Crippen LogP contribution in [0.25, 0.3) is 11.2 Å². The minimum atomic E-state index is -5.59. The number of aryl methyl sites for hydroxylation is 1. The summed E-state index contributed by atoms with van der Waals surface area (Å²) in [4.78, 5) is 75.8. The van der Waals surface area contributed by atoms with E-state index in [4.69, 9.17) is 19.5 Å².